The van der Waals surface area contributed by atoms with Crippen molar-refractivity contribution in [3.8, 4) is 0 Å². The van der Waals surface area contributed by atoms with E-state index in [2.05, 4.69) is 15.3 Å². The van der Waals surface area contributed by atoms with Crippen molar-refractivity contribution in [2.45, 2.75) is 52.2 Å². The second kappa shape index (κ2) is 6.37. The number of carbonyl (C=O) groups is 1. The van der Waals surface area contributed by atoms with Crippen LogP contribution in [0.3, 0.4) is 0 Å². The van der Waals surface area contributed by atoms with Crippen molar-refractivity contribution in [1.82, 2.24) is 15.3 Å². The van der Waals surface area contributed by atoms with Crippen molar-refractivity contribution in [2.24, 2.45) is 0 Å². The summed E-state index contributed by atoms with van der Waals surface area (Å²) < 4.78 is 5.26. The van der Waals surface area contributed by atoms with Crippen LogP contribution in [0.1, 0.15) is 39.3 Å². The average Bonchev–Trinajstić information content (AvgIpc) is 2.36. The van der Waals surface area contributed by atoms with Crippen LogP contribution in [-0.4, -0.2) is 40.8 Å². The van der Waals surface area contributed by atoms with Crippen LogP contribution in [0.5, 0.6) is 0 Å². The quantitative estimate of drug-likeness (QED) is 0.866. The van der Waals surface area contributed by atoms with E-state index in [0.717, 1.165) is 25.9 Å². The number of hydrogen-bond donors (Lipinski definition) is 2. The molecule has 1 fully saturated rings. The summed E-state index contributed by atoms with van der Waals surface area (Å²) in [4.78, 5) is 32.4. The summed E-state index contributed by atoms with van der Waals surface area (Å²) >= 11 is 0. The highest BCUT2D eigenvalue weighted by molar-refractivity contribution is 5.68. The van der Waals surface area contributed by atoms with Gasteiger partial charge in [0.15, 0.2) is 0 Å². The van der Waals surface area contributed by atoms with Gasteiger partial charge in [0.05, 0.1) is 0 Å². The van der Waals surface area contributed by atoms with Crippen LogP contribution < -0.4 is 15.8 Å². The topological polar surface area (TPSA) is 87.3 Å². The van der Waals surface area contributed by atoms with E-state index in [0.29, 0.717) is 11.6 Å². The predicted octanol–water partition coefficient (Wildman–Crippen LogP) is 1.57. The van der Waals surface area contributed by atoms with Gasteiger partial charge in [0.25, 0.3) is 5.56 Å². The number of alkyl carbamates (subject to hydrolysis) is 1. The molecule has 122 valence electrons. The van der Waals surface area contributed by atoms with Crippen LogP contribution in [-0.2, 0) is 4.74 Å². The number of amides is 1. The number of anilines is 1. The molecule has 0 atom stereocenters. The van der Waals surface area contributed by atoms with Crippen molar-refractivity contribution in [1.29, 1.82) is 0 Å². The lowest BCUT2D eigenvalue weighted by molar-refractivity contribution is 0.0497. The van der Waals surface area contributed by atoms with Crippen molar-refractivity contribution in [2.75, 3.05) is 18.0 Å². The lowest BCUT2D eigenvalue weighted by Gasteiger charge is -2.33. The molecule has 2 N–H and O–H groups in total. The number of nitrogens with zero attached hydrogens (tertiary/aromatic N) is 2. The fourth-order valence-corrected chi connectivity index (χ4v) is 2.42. The molecule has 0 bridgehead atoms. The molecule has 1 saturated heterocycles. The summed E-state index contributed by atoms with van der Waals surface area (Å²) in [6, 6.07) is 1.56. The minimum atomic E-state index is -0.490. The summed E-state index contributed by atoms with van der Waals surface area (Å²) in [6.07, 6.45) is 1.20. The molecule has 1 aliphatic rings. The molecule has 0 spiro atoms. The molecule has 1 aliphatic heterocycles. The Morgan fingerprint density at radius 1 is 1.41 bits per heavy atom. The zero-order valence-electron chi connectivity index (χ0n) is 13.6. The maximum Gasteiger partial charge on any atom is 0.407 e. The molecule has 7 heteroatoms. The molecule has 0 saturated carbocycles. The lowest BCUT2D eigenvalue weighted by atomic mass is 10.1. The van der Waals surface area contributed by atoms with E-state index in [-0.39, 0.29) is 17.7 Å². The average molecular weight is 308 g/mol. The van der Waals surface area contributed by atoms with Gasteiger partial charge in [0.2, 0.25) is 5.95 Å². The van der Waals surface area contributed by atoms with Gasteiger partial charge in [-0.15, -0.1) is 0 Å². The molecular weight excluding hydrogens is 284 g/mol. The summed E-state index contributed by atoms with van der Waals surface area (Å²) in [5.41, 5.74) is 0.0692. The minimum absolute atomic E-state index is 0.0858. The van der Waals surface area contributed by atoms with Gasteiger partial charge in [-0.3, -0.25) is 9.78 Å². The third-order valence-electron chi connectivity index (χ3n) is 3.37. The highest BCUT2D eigenvalue weighted by atomic mass is 16.6. The Balaban J connectivity index is 1.88. The van der Waals surface area contributed by atoms with E-state index in [1.165, 1.54) is 6.07 Å². The molecule has 0 radical (unpaired) electrons. The van der Waals surface area contributed by atoms with Crippen LogP contribution in [0.4, 0.5) is 10.7 Å². The van der Waals surface area contributed by atoms with Gasteiger partial charge in [0.1, 0.15) is 5.60 Å². The first-order valence-electron chi connectivity index (χ1n) is 7.55. The van der Waals surface area contributed by atoms with Gasteiger partial charge in [-0.1, -0.05) is 0 Å². The minimum Gasteiger partial charge on any atom is -0.444 e. The van der Waals surface area contributed by atoms with Crippen molar-refractivity contribution in [3.05, 3.63) is 22.1 Å². The van der Waals surface area contributed by atoms with Gasteiger partial charge < -0.3 is 15.0 Å². The molecular formula is C15H24N4O3. The first-order valence-corrected chi connectivity index (χ1v) is 7.55. The fraction of sp³-hybridized carbons (Fsp3) is 0.667. The van der Waals surface area contributed by atoms with E-state index < -0.39 is 5.60 Å². The number of piperidine rings is 1. The first kappa shape index (κ1) is 16.3. The molecule has 2 rings (SSSR count). The lowest BCUT2D eigenvalue weighted by Crippen LogP contribution is -2.46. The van der Waals surface area contributed by atoms with Crippen molar-refractivity contribution < 1.29 is 9.53 Å². The van der Waals surface area contributed by atoms with Gasteiger partial charge >= 0.3 is 6.09 Å². The molecule has 1 aromatic rings. The molecule has 0 aliphatic carbocycles. The van der Waals surface area contributed by atoms with Gasteiger partial charge in [-0.25, -0.2) is 9.78 Å². The zero-order chi connectivity index (χ0) is 16.3. The van der Waals surface area contributed by atoms with E-state index in [4.69, 9.17) is 4.74 Å². The maximum absolute atomic E-state index is 11.8. The smallest absolute Gasteiger partial charge is 0.407 e. The van der Waals surface area contributed by atoms with E-state index in [1.807, 2.05) is 25.7 Å². The number of nitrogens with one attached hydrogen (secondary N) is 2. The van der Waals surface area contributed by atoms with Crippen LogP contribution in [0, 0.1) is 6.92 Å². The molecule has 0 unspecified atom stereocenters. The third-order valence-corrected chi connectivity index (χ3v) is 3.37. The number of hydrogen-bond acceptors (Lipinski definition) is 5. The Labute approximate surface area is 130 Å². The SMILES string of the molecule is Cc1cc(=O)[nH]c(N2CCC(NC(=O)OC(C)(C)C)CC2)n1. The predicted molar refractivity (Wildman–Crippen MR) is 84.2 cm³/mol. The number of ether oxygens (including phenoxy) is 1. The van der Waals surface area contributed by atoms with Crippen LogP contribution in [0.25, 0.3) is 0 Å². The standard InChI is InChI=1S/C15H24N4O3/c1-10-9-12(20)18-13(16-10)19-7-5-11(6-8-19)17-14(21)22-15(2,3)4/h9,11H,5-8H2,1-4H3,(H,17,21)(H,16,18,20). The van der Waals surface area contributed by atoms with Crippen molar-refractivity contribution >= 4 is 12.0 Å². The summed E-state index contributed by atoms with van der Waals surface area (Å²) in [5.74, 6) is 0.598. The van der Waals surface area contributed by atoms with Gasteiger partial charge in [-0.2, -0.15) is 0 Å². The highest BCUT2D eigenvalue weighted by Gasteiger charge is 2.24. The van der Waals surface area contributed by atoms with E-state index in [9.17, 15) is 9.59 Å². The number of aryl methyl sites for hydroxylation is 1. The highest BCUT2D eigenvalue weighted by Crippen LogP contribution is 2.16. The molecule has 22 heavy (non-hydrogen) atoms. The Hall–Kier alpha value is -2.05. The molecule has 0 aromatic carbocycles. The van der Waals surface area contributed by atoms with E-state index in [1.54, 1.807) is 6.92 Å². The zero-order valence-corrected chi connectivity index (χ0v) is 13.6. The number of carbonyl (C=O) groups excluding carboxylic acids is 1. The normalized spacial score (nSPS) is 16.5. The molecule has 1 aromatic heterocycles. The molecule has 1 amide bonds. The molecule has 2 heterocycles. The number of rotatable bonds is 2. The second-order valence-electron chi connectivity index (χ2n) is 6.62. The maximum atomic E-state index is 11.8. The van der Waals surface area contributed by atoms with Crippen LogP contribution in [0.2, 0.25) is 0 Å². The Morgan fingerprint density at radius 2 is 2.05 bits per heavy atom. The second-order valence-corrected chi connectivity index (χ2v) is 6.62. The molecule has 7 nitrogen and oxygen atoms in total. The monoisotopic (exact) mass is 308 g/mol. The number of aromatic nitrogens is 2. The van der Waals surface area contributed by atoms with Crippen molar-refractivity contribution in [3.63, 3.8) is 0 Å². The van der Waals surface area contributed by atoms with Gasteiger partial charge in [-0.05, 0) is 40.5 Å². The first-order chi connectivity index (χ1) is 10.2. The third kappa shape index (κ3) is 4.75. The summed E-state index contributed by atoms with van der Waals surface area (Å²) in [7, 11) is 0. The Morgan fingerprint density at radius 3 is 2.59 bits per heavy atom. The van der Waals surface area contributed by atoms with E-state index >= 15 is 0 Å². The Kier molecular flexibility index (Phi) is 4.73. The number of H-pyrrole nitrogens is 1. The number of aromatic amines is 1. The van der Waals surface area contributed by atoms with Crippen LogP contribution in [0.15, 0.2) is 10.9 Å². The van der Waals surface area contributed by atoms with Crippen LogP contribution >= 0.6 is 0 Å². The summed E-state index contributed by atoms with van der Waals surface area (Å²) in [6.45, 7) is 8.79. The Bertz CT molecular complexity index is 583. The fourth-order valence-electron chi connectivity index (χ4n) is 2.42. The van der Waals surface area contributed by atoms with Gasteiger partial charge in [0, 0.05) is 30.9 Å². The summed E-state index contributed by atoms with van der Waals surface area (Å²) in [5, 5.41) is 2.89. The largest absolute Gasteiger partial charge is 0.444 e.